The largest absolute Gasteiger partial charge is 0.419 e. The first-order valence-corrected chi connectivity index (χ1v) is 7.46. The minimum atomic E-state index is 0.418. The predicted molar refractivity (Wildman–Crippen MR) is 86.2 cm³/mol. The van der Waals surface area contributed by atoms with Crippen molar-refractivity contribution in [2.24, 2.45) is 0 Å². The number of hydrogen-bond donors (Lipinski definition) is 1. The zero-order chi connectivity index (χ0) is 14.7. The number of rotatable bonds is 4. The molecule has 2 aromatic carbocycles. The molecular weight excluding hydrogens is 354 g/mol. The highest BCUT2D eigenvalue weighted by atomic mass is 79.9. The molecule has 21 heavy (non-hydrogen) atoms. The molecule has 0 aliphatic heterocycles. The molecule has 4 nitrogen and oxygen atoms in total. The number of nitrogens with one attached hydrogen (secondary N) is 1. The molecule has 0 saturated carbocycles. The molecular formula is C15H11BrClN3O. The van der Waals surface area contributed by atoms with Crippen molar-refractivity contribution in [3.63, 3.8) is 0 Å². The fraction of sp³-hybridized carbons (Fsp3) is 0.0667. The monoisotopic (exact) mass is 363 g/mol. The molecule has 0 radical (unpaired) electrons. The molecule has 1 aromatic heterocycles. The fourth-order valence-corrected chi connectivity index (χ4v) is 2.57. The third-order valence-corrected chi connectivity index (χ3v) is 3.65. The van der Waals surface area contributed by atoms with Crippen molar-refractivity contribution in [3.8, 4) is 11.5 Å². The number of benzene rings is 2. The summed E-state index contributed by atoms with van der Waals surface area (Å²) < 4.78 is 6.55. The molecule has 0 bridgehead atoms. The molecule has 0 amide bonds. The minimum Gasteiger partial charge on any atom is -0.419 e. The maximum atomic E-state index is 6.14. The van der Waals surface area contributed by atoms with E-state index in [0.717, 1.165) is 15.7 Å². The molecule has 0 atom stereocenters. The smallest absolute Gasteiger partial charge is 0.247 e. The van der Waals surface area contributed by atoms with Gasteiger partial charge in [0.1, 0.15) is 0 Å². The topological polar surface area (TPSA) is 51.0 Å². The predicted octanol–water partition coefficient (Wildman–Crippen LogP) is 4.76. The van der Waals surface area contributed by atoms with Crippen LogP contribution in [0.4, 0.5) is 5.69 Å². The second kappa shape index (κ2) is 6.28. The van der Waals surface area contributed by atoms with Crippen molar-refractivity contribution in [3.05, 3.63) is 63.9 Å². The van der Waals surface area contributed by atoms with Crippen LogP contribution < -0.4 is 5.32 Å². The normalized spacial score (nSPS) is 10.6. The van der Waals surface area contributed by atoms with Crippen molar-refractivity contribution in [2.75, 3.05) is 5.32 Å². The molecule has 1 heterocycles. The Balaban J connectivity index is 1.70. The van der Waals surface area contributed by atoms with Gasteiger partial charge in [-0.25, -0.2) is 0 Å². The van der Waals surface area contributed by atoms with Crippen LogP contribution in [-0.4, -0.2) is 10.2 Å². The Bertz CT molecular complexity index is 746. The van der Waals surface area contributed by atoms with Gasteiger partial charge in [0.05, 0.1) is 17.3 Å². The Morgan fingerprint density at radius 2 is 1.90 bits per heavy atom. The van der Waals surface area contributed by atoms with Crippen LogP contribution in [0.5, 0.6) is 0 Å². The lowest BCUT2D eigenvalue weighted by atomic mass is 10.2. The van der Waals surface area contributed by atoms with Gasteiger partial charge in [-0.2, -0.15) is 0 Å². The van der Waals surface area contributed by atoms with Crippen LogP contribution in [0.15, 0.2) is 57.4 Å². The Labute approximate surface area is 135 Å². The van der Waals surface area contributed by atoms with Gasteiger partial charge in [-0.15, -0.1) is 10.2 Å². The van der Waals surface area contributed by atoms with Crippen molar-refractivity contribution in [1.82, 2.24) is 10.2 Å². The summed E-state index contributed by atoms with van der Waals surface area (Å²) in [6.45, 7) is 0.418. The maximum absolute atomic E-state index is 6.14. The zero-order valence-electron chi connectivity index (χ0n) is 10.9. The van der Waals surface area contributed by atoms with Gasteiger partial charge >= 0.3 is 0 Å². The van der Waals surface area contributed by atoms with Crippen LogP contribution in [0.25, 0.3) is 11.5 Å². The first kappa shape index (κ1) is 14.1. The number of nitrogens with zero attached hydrogens (tertiary/aromatic N) is 2. The van der Waals surface area contributed by atoms with Crippen LogP contribution in [0.2, 0.25) is 5.02 Å². The van der Waals surface area contributed by atoms with E-state index in [-0.39, 0.29) is 0 Å². The summed E-state index contributed by atoms with van der Waals surface area (Å²) in [6, 6.07) is 15.3. The lowest BCUT2D eigenvalue weighted by molar-refractivity contribution is 0.515. The van der Waals surface area contributed by atoms with Gasteiger partial charge in [-0.3, -0.25) is 0 Å². The average Bonchev–Trinajstić information content (AvgIpc) is 2.96. The van der Waals surface area contributed by atoms with Gasteiger partial charge in [0.2, 0.25) is 11.8 Å². The molecule has 3 rings (SSSR count). The van der Waals surface area contributed by atoms with Gasteiger partial charge in [-0.05, 0) is 30.3 Å². The highest BCUT2D eigenvalue weighted by Gasteiger charge is 2.08. The minimum absolute atomic E-state index is 0.418. The third kappa shape index (κ3) is 3.43. The molecule has 0 aliphatic carbocycles. The summed E-state index contributed by atoms with van der Waals surface area (Å²) in [5.74, 6) is 1.02. The average molecular weight is 365 g/mol. The van der Waals surface area contributed by atoms with Gasteiger partial charge in [0, 0.05) is 10.0 Å². The van der Waals surface area contributed by atoms with Crippen LogP contribution in [0.3, 0.4) is 0 Å². The second-order valence-corrected chi connectivity index (χ2v) is 5.67. The first-order chi connectivity index (χ1) is 10.2. The Morgan fingerprint density at radius 1 is 1.10 bits per heavy atom. The van der Waals surface area contributed by atoms with E-state index >= 15 is 0 Å². The van der Waals surface area contributed by atoms with Gasteiger partial charge in [0.25, 0.3) is 0 Å². The quantitative estimate of drug-likeness (QED) is 0.725. The lowest BCUT2D eigenvalue weighted by Gasteiger charge is -2.06. The van der Waals surface area contributed by atoms with Crippen LogP contribution >= 0.6 is 27.5 Å². The number of aromatic nitrogens is 2. The van der Waals surface area contributed by atoms with E-state index in [2.05, 4.69) is 31.4 Å². The zero-order valence-corrected chi connectivity index (χ0v) is 13.2. The summed E-state index contributed by atoms with van der Waals surface area (Å²) >= 11 is 9.51. The van der Waals surface area contributed by atoms with E-state index < -0.39 is 0 Å². The van der Waals surface area contributed by atoms with Crippen LogP contribution in [-0.2, 0) is 6.54 Å². The van der Waals surface area contributed by atoms with Crippen molar-refractivity contribution >= 4 is 33.2 Å². The fourth-order valence-electron chi connectivity index (χ4n) is 1.83. The molecule has 0 saturated heterocycles. The number of halogens is 2. The van der Waals surface area contributed by atoms with Crippen molar-refractivity contribution < 1.29 is 4.42 Å². The standard InChI is InChI=1S/C15H11BrClN3O/c16-11-6-7-13(12(17)8-11)18-9-14-19-20-15(21-14)10-4-2-1-3-5-10/h1-8,18H,9H2. The molecule has 0 fully saturated rings. The van der Waals surface area contributed by atoms with Crippen molar-refractivity contribution in [1.29, 1.82) is 0 Å². The first-order valence-electron chi connectivity index (χ1n) is 6.29. The summed E-state index contributed by atoms with van der Waals surface area (Å²) in [6.07, 6.45) is 0. The highest BCUT2D eigenvalue weighted by molar-refractivity contribution is 9.10. The molecule has 0 spiro atoms. The molecule has 1 N–H and O–H groups in total. The summed E-state index contributed by atoms with van der Waals surface area (Å²) in [5, 5.41) is 11.9. The van der Waals surface area contributed by atoms with E-state index in [0.29, 0.717) is 23.3 Å². The van der Waals surface area contributed by atoms with E-state index in [4.69, 9.17) is 16.0 Å². The van der Waals surface area contributed by atoms with Crippen LogP contribution in [0.1, 0.15) is 5.89 Å². The summed E-state index contributed by atoms with van der Waals surface area (Å²) in [7, 11) is 0. The Morgan fingerprint density at radius 3 is 2.67 bits per heavy atom. The lowest BCUT2D eigenvalue weighted by Crippen LogP contribution is -2.00. The van der Waals surface area contributed by atoms with Gasteiger partial charge < -0.3 is 9.73 Å². The van der Waals surface area contributed by atoms with E-state index in [1.54, 1.807) is 0 Å². The van der Waals surface area contributed by atoms with E-state index in [1.165, 1.54) is 0 Å². The number of anilines is 1. The molecule has 106 valence electrons. The highest BCUT2D eigenvalue weighted by Crippen LogP contribution is 2.26. The van der Waals surface area contributed by atoms with Gasteiger partial charge in [0.15, 0.2) is 0 Å². The number of hydrogen-bond acceptors (Lipinski definition) is 4. The Kier molecular flexibility index (Phi) is 4.22. The van der Waals surface area contributed by atoms with E-state index in [9.17, 15) is 0 Å². The summed E-state index contributed by atoms with van der Waals surface area (Å²) in [5.41, 5.74) is 1.72. The molecule has 0 aliphatic rings. The SMILES string of the molecule is Clc1cc(Br)ccc1NCc1nnc(-c2ccccc2)o1. The summed E-state index contributed by atoms with van der Waals surface area (Å²) in [4.78, 5) is 0. The van der Waals surface area contributed by atoms with Crippen LogP contribution in [0, 0.1) is 0 Å². The Hall–Kier alpha value is -1.85. The third-order valence-electron chi connectivity index (χ3n) is 2.85. The molecule has 6 heteroatoms. The maximum Gasteiger partial charge on any atom is 0.247 e. The van der Waals surface area contributed by atoms with Crippen molar-refractivity contribution in [2.45, 2.75) is 6.54 Å². The molecule has 3 aromatic rings. The van der Waals surface area contributed by atoms with E-state index in [1.807, 2.05) is 48.5 Å². The second-order valence-electron chi connectivity index (χ2n) is 4.34. The van der Waals surface area contributed by atoms with Gasteiger partial charge in [-0.1, -0.05) is 45.7 Å². The molecule has 0 unspecified atom stereocenters.